The highest BCUT2D eigenvalue weighted by molar-refractivity contribution is 6.00. The van der Waals surface area contributed by atoms with Gasteiger partial charge in [-0.05, 0) is 101 Å². The number of amides is 3. The third-order valence-corrected chi connectivity index (χ3v) is 7.83. The number of carbonyl (C=O) groups excluding carboxylic acids is 3. The first-order valence-electron chi connectivity index (χ1n) is 14.9. The lowest BCUT2D eigenvalue weighted by atomic mass is 9.87. The minimum absolute atomic E-state index is 0.102. The number of ether oxygens (including phenoxy) is 1. The van der Waals surface area contributed by atoms with Gasteiger partial charge in [0.1, 0.15) is 23.4 Å². The van der Waals surface area contributed by atoms with Gasteiger partial charge in [0.15, 0.2) is 0 Å². The lowest BCUT2D eigenvalue weighted by molar-refractivity contribution is -0.145. The Morgan fingerprint density at radius 3 is 2.07 bits per heavy atom. The van der Waals surface area contributed by atoms with Crippen LogP contribution in [-0.4, -0.2) is 45.6 Å². The van der Waals surface area contributed by atoms with Crippen molar-refractivity contribution in [2.24, 2.45) is 0 Å². The molecule has 2 atom stereocenters. The Morgan fingerprint density at radius 1 is 0.907 bits per heavy atom. The van der Waals surface area contributed by atoms with Crippen molar-refractivity contribution in [2.45, 2.75) is 91.0 Å². The molecule has 0 aromatic heterocycles. The summed E-state index contributed by atoms with van der Waals surface area (Å²) in [4.78, 5) is 43.7. The molecule has 3 aromatic rings. The minimum atomic E-state index is -1.01. The summed E-state index contributed by atoms with van der Waals surface area (Å²) in [6, 6.07) is 17.8. The number of aryl methyl sites for hydroxylation is 3. The average Bonchev–Trinajstić information content (AvgIpc) is 2.90. The maximum Gasteiger partial charge on any atom is 0.408 e. The van der Waals surface area contributed by atoms with Crippen molar-refractivity contribution in [3.63, 3.8) is 0 Å². The van der Waals surface area contributed by atoms with E-state index in [1.165, 1.54) is 0 Å². The summed E-state index contributed by atoms with van der Waals surface area (Å²) in [5.74, 6) is -0.577. The van der Waals surface area contributed by atoms with Gasteiger partial charge in [0.05, 0.1) is 0 Å². The standard InChI is InChI=1S/C35H43N3O5/c1-22-11-7-8-16-28(22)31(32(40)37-30-23(2)12-9-13-24(30)3)38(26-14-10-15-26)33(41)29(36-34(42)43-35(4,5)6)21-25-17-19-27(39)20-18-25/h7-9,11-13,16-20,26,29,31,39H,10,14-15,21H2,1-6H3,(H,36,42)(H,37,40). The molecule has 3 aromatic carbocycles. The zero-order valence-electron chi connectivity index (χ0n) is 25.9. The third kappa shape index (κ3) is 7.95. The summed E-state index contributed by atoms with van der Waals surface area (Å²) < 4.78 is 5.53. The second-order valence-electron chi connectivity index (χ2n) is 12.4. The molecule has 0 heterocycles. The van der Waals surface area contributed by atoms with Gasteiger partial charge in [-0.3, -0.25) is 9.59 Å². The van der Waals surface area contributed by atoms with Gasteiger partial charge in [-0.25, -0.2) is 4.79 Å². The summed E-state index contributed by atoms with van der Waals surface area (Å²) >= 11 is 0. The van der Waals surface area contributed by atoms with Gasteiger partial charge in [0, 0.05) is 18.2 Å². The number of phenolic OH excluding ortho intramolecular Hbond substituents is 1. The summed E-state index contributed by atoms with van der Waals surface area (Å²) in [7, 11) is 0. The number of rotatable bonds is 9. The normalized spacial score (nSPS) is 14.7. The van der Waals surface area contributed by atoms with Crippen LogP contribution in [0.2, 0.25) is 0 Å². The van der Waals surface area contributed by atoms with Crippen LogP contribution in [0.25, 0.3) is 0 Å². The van der Waals surface area contributed by atoms with E-state index >= 15 is 0 Å². The molecule has 8 nitrogen and oxygen atoms in total. The zero-order valence-corrected chi connectivity index (χ0v) is 25.9. The number of hydrogen-bond donors (Lipinski definition) is 3. The highest BCUT2D eigenvalue weighted by atomic mass is 16.6. The molecule has 1 aliphatic rings. The van der Waals surface area contributed by atoms with E-state index < -0.39 is 23.8 Å². The minimum Gasteiger partial charge on any atom is -0.508 e. The van der Waals surface area contributed by atoms with E-state index in [1.807, 2.05) is 63.2 Å². The molecule has 0 radical (unpaired) electrons. The average molecular weight is 586 g/mol. The molecule has 1 fully saturated rings. The Bertz CT molecular complexity index is 1440. The molecule has 3 N–H and O–H groups in total. The number of para-hydroxylation sites is 1. The maximum atomic E-state index is 14.7. The molecule has 3 amide bonds. The summed E-state index contributed by atoms with van der Waals surface area (Å²) in [5.41, 5.74) is 4.17. The highest BCUT2D eigenvalue weighted by Gasteiger charge is 2.42. The first kappa shape index (κ1) is 31.6. The number of nitrogens with zero attached hydrogens (tertiary/aromatic N) is 1. The van der Waals surface area contributed by atoms with Gasteiger partial charge in [0.25, 0.3) is 5.91 Å². The topological polar surface area (TPSA) is 108 Å². The summed E-state index contributed by atoms with van der Waals surface area (Å²) in [5, 5.41) is 15.7. The Labute approximate surface area is 254 Å². The molecule has 4 rings (SSSR count). The van der Waals surface area contributed by atoms with Gasteiger partial charge < -0.3 is 25.4 Å². The molecule has 43 heavy (non-hydrogen) atoms. The fourth-order valence-corrected chi connectivity index (χ4v) is 5.39. The Hall–Kier alpha value is -4.33. The van der Waals surface area contributed by atoms with Gasteiger partial charge in [-0.2, -0.15) is 0 Å². The van der Waals surface area contributed by atoms with Crippen molar-refractivity contribution >= 4 is 23.6 Å². The van der Waals surface area contributed by atoms with Crippen LogP contribution < -0.4 is 10.6 Å². The van der Waals surface area contributed by atoms with Crippen LogP contribution in [0.3, 0.4) is 0 Å². The molecule has 2 unspecified atom stereocenters. The monoisotopic (exact) mass is 585 g/mol. The van der Waals surface area contributed by atoms with Crippen LogP contribution in [0.4, 0.5) is 10.5 Å². The Balaban J connectivity index is 1.78. The fraction of sp³-hybridized carbons (Fsp3) is 0.400. The van der Waals surface area contributed by atoms with Crippen molar-refractivity contribution < 1.29 is 24.2 Å². The van der Waals surface area contributed by atoms with Crippen molar-refractivity contribution in [2.75, 3.05) is 5.32 Å². The predicted octanol–water partition coefficient (Wildman–Crippen LogP) is 6.51. The van der Waals surface area contributed by atoms with Gasteiger partial charge in [-0.15, -0.1) is 0 Å². The van der Waals surface area contributed by atoms with Crippen molar-refractivity contribution in [1.29, 1.82) is 0 Å². The summed E-state index contributed by atoms with van der Waals surface area (Å²) in [6.45, 7) is 11.1. The smallest absolute Gasteiger partial charge is 0.408 e. The van der Waals surface area contributed by atoms with Crippen LogP contribution in [0.1, 0.15) is 73.9 Å². The van der Waals surface area contributed by atoms with E-state index in [2.05, 4.69) is 10.6 Å². The van der Waals surface area contributed by atoms with E-state index in [0.717, 1.165) is 52.8 Å². The number of hydrogen-bond acceptors (Lipinski definition) is 5. The molecule has 0 saturated heterocycles. The van der Waals surface area contributed by atoms with Crippen LogP contribution >= 0.6 is 0 Å². The number of anilines is 1. The molecule has 1 saturated carbocycles. The fourth-order valence-electron chi connectivity index (χ4n) is 5.39. The van der Waals surface area contributed by atoms with Crippen LogP contribution in [0, 0.1) is 20.8 Å². The van der Waals surface area contributed by atoms with Gasteiger partial charge in [-0.1, -0.05) is 54.6 Å². The molecule has 0 spiro atoms. The maximum absolute atomic E-state index is 14.7. The zero-order chi connectivity index (χ0) is 31.3. The SMILES string of the molecule is Cc1ccccc1C(C(=O)Nc1c(C)cccc1C)N(C(=O)C(Cc1ccc(O)cc1)NC(=O)OC(C)(C)C)C1CCC1. The molecule has 228 valence electrons. The number of aromatic hydroxyl groups is 1. The third-order valence-electron chi connectivity index (χ3n) is 7.83. The Morgan fingerprint density at radius 2 is 1.51 bits per heavy atom. The lowest BCUT2D eigenvalue weighted by Crippen LogP contribution is -2.57. The van der Waals surface area contributed by atoms with Gasteiger partial charge in [0.2, 0.25) is 5.91 Å². The summed E-state index contributed by atoms with van der Waals surface area (Å²) in [6.07, 6.45) is 1.88. The largest absolute Gasteiger partial charge is 0.508 e. The van der Waals surface area contributed by atoms with E-state index in [1.54, 1.807) is 49.9 Å². The number of carbonyl (C=O) groups is 3. The molecular weight excluding hydrogens is 542 g/mol. The highest BCUT2D eigenvalue weighted by Crippen LogP contribution is 2.36. The van der Waals surface area contributed by atoms with Crippen LogP contribution in [-0.2, 0) is 20.7 Å². The van der Waals surface area contributed by atoms with E-state index in [0.29, 0.717) is 0 Å². The molecule has 0 bridgehead atoms. The first-order valence-corrected chi connectivity index (χ1v) is 14.9. The molecular formula is C35H43N3O5. The number of phenols is 1. The van der Waals surface area contributed by atoms with E-state index in [9.17, 15) is 19.5 Å². The quantitative estimate of drug-likeness (QED) is 0.265. The predicted molar refractivity (Wildman–Crippen MR) is 168 cm³/mol. The lowest BCUT2D eigenvalue weighted by Gasteiger charge is -2.44. The number of nitrogens with one attached hydrogen (secondary N) is 2. The first-order chi connectivity index (χ1) is 20.3. The molecule has 8 heteroatoms. The molecule has 1 aliphatic carbocycles. The number of benzene rings is 3. The second kappa shape index (κ2) is 13.3. The van der Waals surface area contributed by atoms with Gasteiger partial charge >= 0.3 is 6.09 Å². The number of alkyl carbamates (subject to hydrolysis) is 1. The van der Waals surface area contributed by atoms with E-state index in [4.69, 9.17) is 4.74 Å². The van der Waals surface area contributed by atoms with E-state index in [-0.39, 0.29) is 30.0 Å². The van der Waals surface area contributed by atoms with Crippen molar-refractivity contribution in [3.8, 4) is 5.75 Å². The Kier molecular flexibility index (Phi) is 9.79. The second-order valence-corrected chi connectivity index (χ2v) is 12.4. The van der Waals surface area contributed by atoms with Crippen molar-refractivity contribution in [3.05, 3.63) is 94.5 Å². The van der Waals surface area contributed by atoms with Crippen molar-refractivity contribution in [1.82, 2.24) is 10.2 Å². The molecule has 0 aliphatic heterocycles. The van der Waals surface area contributed by atoms with Crippen LogP contribution in [0.15, 0.2) is 66.7 Å². The van der Waals surface area contributed by atoms with Crippen LogP contribution in [0.5, 0.6) is 5.75 Å².